The van der Waals surface area contributed by atoms with Crippen LogP contribution in [0.25, 0.3) is 10.2 Å². The number of hydrogen-bond acceptors (Lipinski definition) is 5. The van der Waals surface area contributed by atoms with Gasteiger partial charge in [-0.05, 0) is 17.9 Å². The lowest BCUT2D eigenvalue weighted by atomic mass is 10.2. The third kappa shape index (κ3) is 1.48. The Morgan fingerprint density at radius 1 is 1.47 bits per heavy atom. The molecule has 0 spiro atoms. The highest BCUT2D eigenvalue weighted by Gasteiger charge is 2.20. The number of rotatable bonds is 2. The second-order valence-electron chi connectivity index (χ2n) is 3.67. The number of nitrogens with one attached hydrogen (secondary N) is 1. The summed E-state index contributed by atoms with van der Waals surface area (Å²) in [6, 6.07) is 0. The molecule has 1 aliphatic rings. The maximum absolute atomic E-state index is 5.77. The molecule has 1 aliphatic heterocycles. The summed E-state index contributed by atoms with van der Waals surface area (Å²) in [7, 11) is 0. The van der Waals surface area contributed by atoms with Gasteiger partial charge in [-0.3, -0.25) is 0 Å². The van der Waals surface area contributed by atoms with Crippen LogP contribution in [-0.2, 0) is 0 Å². The first kappa shape index (κ1) is 9.06. The van der Waals surface area contributed by atoms with Crippen molar-refractivity contribution in [3.05, 3.63) is 17.3 Å². The van der Waals surface area contributed by atoms with Gasteiger partial charge < -0.3 is 10.1 Å². The van der Waals surface area contributed by atoms with Gasteiger partial charge in [0.15, 0.2) is 0 Å². The fraction of sp³-hybridized carbons (Fsp3) is 0.400. The molecule has 0 bridgehead atoms. The van der Waals surface area contributed by atoms with E-state index in [-0.39, 0.29) is 6.10 Å². The van der Waals surface area contributed by atoms with Crippen molar-refractivity contribution in [1.82, 2.24) is 15.3 Å². The van der Waals surface area contributed by atoms with Crippen LogP contribution in [0.2, 0.25) is 0 Å². The first-order valence-electron chi connectivity index (χ1n) is 4.91. The lowest BCUT2D eigenvalue weighted by molar-refractivity contribution is 0.138. The van der Waals surface area contributed by atoms with E-state index in [2.05, 4.69) is 27.6 Å². The highest BCUT2D eigenvalue weighted by atomic mass is 32.1. The lowest BCUT2D eigenvalue weighted by Gasteiger charge is -2.27. The summed E-state index contributed by atoms with van der Waals surface area (Å²) in [5.74, 6) is 0.726. The smallest absolute Gasteiger partial charge is 0.235 e. The van der Waals surface area contributed by atoms with Gasteiger partial charge in [-0.1, -0.05) is 0 Å². The summed E-state index contributed by atoms with van der Waals surface area (Å²) in [4.78, 5) is 8.45. The van der Waals surface area contributed by atoms with Crippen LogP contribution in [0.5, 0.6) is 5.88 Å². The van der Waals surface area contributed by atoms with Crippen LogP contribution in [-0.4, -0.2) is 29.2 Å². The Balaban J connectivity index is 2.01. The Hall–Kier alpha value is -1.20. The van der Waals surface area contributed by atoms with E-state index in [0.717, 1.165) is 29.2 Å². The minimum absolute atomic E-state index is 0.269. The molecule has 0 amide bonds. The van der Waals surface area contributed by atoms with Gasteiger partial charge in [0.1, 0.15) is 17.1 Å². The van der Waals surface area contributed by atoms with Crippen molar-refractivity contribution in [2.24, 2.45) is 0 Å². The summed E-state index contributed by atoms with van der Waals surface area (Å²) >= 11 is 1.65. The largest absolute Gasteiger partial charge is 0.471 e. The zero-order chi connectivity index (χ0) is 10.3. The second kappa shape index (κ2) is 3.43. The van der Waals surface area contributed by atoms with Crippen LogP contribution in [0.15, 0.2) is 11.7 Å². The molecule has 0 radical (unpaired) electrons. The van der Waals surface area contributed by atoms with Crippen molar-refractivity contribution in [3.8, 4) is 5.88 Å². The zero-order valence-electron chi connectivity index (χ0n) is 8.36. The van der Waals surface area contributed by atoms with Crippen molar-refractivity contribution < 1.29 is 4.74 Å². The fourth-order valence-electron chi connectivity index (χ4n) is 1.54. The molecule has 0 unspecified atom stereocenters. The average Bonchev–Trinajstić information content (AvgIpc) is 2.55. The molecule has 2 aromatic rings. The van der Waals surface area contributed by atoms with E-state index in [1.54, 1.807) is 17.7 Å². The first-order valence-corrected chi connectivity index (χ1v) is 5.79. The predicted molar refractivity (Wildman–Crippen MR) is 59.4 cm³/mol. The third-order valence-electron chi connectivity index (χ3n) is 2.52. The molecular weight excluding hydrogens is 210 g/mol. The third-order valence-corrected chi connectivity index (χ3v) is 3.60. The molecular formula is C10H11N3OS. The monoisotopic (exact) mass is 221 g/mol. The summed E-state index contributed by atoms with van der Waals surface area (Å²) in [5.41, 5.74) is 2.20. The zero-order valence-corrected chi connectivity index (χ0v) is 9.17. The number of thiophene rings is 1. The van der Waals surface area contributed by atoms with Gasteiger partial charge in [-0.2, -0.15) is 0 Å². The van der Waals surface area contributed by atoms with Gasteiger partial charge in [0, 0.05) is 13.1 Å². The first-order chi connectivity index (χ1) is 7.34. The molecule has 3 rings (SSSR count). The molecule has 0 saturated carbocycles. The molecule has 15 heavy (non-hydrogen) atoms. The van der Waals surface area contributed by atoms with Crippen LogP contribution in [0.3, 0.4) is 0 Å². The lowest BCUT2D eigenvalue weighted by Crippen LogP contribution is -2.50. The highest BCUT2D eigenvalue weighted by molar-refractivity contribution is 7.17. The molecule has 5 heteroatoms. The highest BCUT2D eigenvalue weighted by Crippen LogP contribution is 2.30. The summed E-state index contributed by atoms with van der Waals surface area (Å²) in [5, 5.41) is 5.26. The number of ether oxygens (including phenoxy) is 1. The maximum atomic E-state index is 5.77. The van der Waals surface area contributed by atoms with Crippen LogP contribution in [0.1, 0.15) is 5.56 Å². The number of hydrogen-bond donors (Lipinski definition) is 1. The number of nitrogens with zero attached hydrogens (tertiary/aromatic N) is 2. The molecule has 1 saturated heterocycles. The molecule has 1 fully saturated rings. The van der Waals surface area contributed by atoms with E-state index >= 15 is 0 Å². The SMILES string of the molecule is Cc1csc2c(OC3CNC3)ncnc12. The van der Waals surface area contributed by atoms with Crippen molar-refractivity contribution in [3.63, 3.8) is 0 Å². The Morgan fingerprint density at radius 3 is 3.07 bits per heavy atom. The summed E-state index contributed by atoms with van der Waals surface area (Å²) in [6.07, 6.45) is 1.84. The van der Waals surface area contributed by atoms with E-state index in [1.807, 2.05) is 0 Å². The quantitative estimate of drug-likeness (QED) is 0.831. The predicted octanol–water partition coefficient (Wildman–Crippen LogP) is 1.35. The number of aromatic nitrogens is 2. The minimum atomic E-state index is 0.269. The van der Waals surface area contributed by atoms with Crippen LogP contribution in [0.4, 0.5) is 0 Å². The van der Waals surface area contributed by atoms with Crippen molar-refractivity contribution in [1.29, 1.82) is 0 Å². The number of aryl methyl sites for hydroxylation is 1. The number of fused-ring (bicyclic) bond motifs is 1. The molecule has 0 atom stereocenters. The Labute approximate surface area is 91.3 Å². The van der Waals surface area contributed by atoms with Crippen LogP contribution in [0, 0.1) is 6.92 Å². The van der Waals surface area contributed by atoms with Crippen molar-refractivity contribution in [2.45, 2.75) is 13.0 Å². The van der Waals surface area contributed by atoms with Gasteiger partial charge >= 0.3 is 0 Å². The summed E-state index contributed by atoms with van der Waals surface area (Å²) in [6.45, 7) is 3.88. The molecule has 4 nitrogen and oxygen atoms in total. The van der Waals surface area contributed by atoms with Crippen molar-refractivity contribution >= 4 is 21.6 Å². The second-order valence-corrected chi connectivity index (χ2v) is 4.55. The molecule has 0 aliphatic carbocycles. The molecule has 78 valence electrons. The Bertz CT molecular complexity index is 492. The van der Waals surface area contributed by atoms with Gasteiger partial charge in [0.2, 0.25) is 5.88 Å². The molecule has 0 aromatic carbocycles. The Morgan fingerprint density at radius 2 is 2.33 bits per heavy atom. The maximum Gasteiger partial charge on any atom is 0.235 e. The van der Waals surface area contributed by atoms with Crippen molar-refractivity contribution in [2.75, 3.05) is 13.1 Å². The van der Waals surface area contributed by atoms with Gasteiger partial charge in [-0.25, -0.2) is 9.97 Å². The molecule has 1 N–H and O–H groups in total. The van der Waals surface area contributed by atoms with Gasteiger partial charge in [-0.15, -0.1) is 11.3 Å². The summed E-state index contributed by atoms with van der Waals surface area (Å²) < 4.78 is 6.83. The van der Waals surface area contributed by atoms with Gasteiger partial charge in [0.05, 0.1) is 5.52 Å². The molecule has 3 heterocycles. The minimum Gasteiger partial charge on any atom is -0.471 e. The standard InChI is InChI=1S/C10H11N3OS/c1-6-4-15-9-8(6)12-5-13-10(9)14-7-2-11-3-7/h4-5,7,11H,2-3H2,1H3. The van der Waals surface area contributed by atoms with E-state index in [0.29, 0.717) is 0 Å². The van der Waals surface area contributed by atoms with E-state index in [1.165, 1.54) is 5.56 Å². The van der Waals surface area contributed by atoms with E-state index < -0.39 is 0 Å². The van der Waals surface area contributed by atoms with E-state index in [4.69, 9.17) is 4.74 Å². The average molecular weight is 221 g/mol. The fourth-order valence-corrected chi connectivity index (χ4v) is 2.47. The normalized spacial score (nSPS) is 16.6. The van der Waals surface area contributed by atoms with E-state index in [9.17, 15) is 0 Å². The Kier molecular flexibility index (Phi) is 2.07. The molecule has 2 aromatic heterocycles. The van der Waals surface area contributed by atoms with Crippen LogP contribution < -0.4 is 10.1 Å². The van der Waals surface area contributed by atoms with Gasteiger partial charge in [0.25, 0.3) is 0 Å². The topological polar surface area (TPSA) is 47.0 Å². The van der Waals surface area contributed by atoms with Crippen LogP contribution >= 0.6 is 11.3 Å².